The Morgan fingerprint density at radius 1 is 1.43 bits per heavy atom. The van der Waals surface area contributed by atoms with Crippen LogP contribution in [0, 0.1) is 6.92 Å². The smallest absolute Gasteiger partial charge is 0.265 e. The largest absolute Gasteiger partial charge is 0.382 e. The van der Waals surface area contributed by atoms with Crippen molar-refractivity contribution in [2.75, 3.05) is 17.6 Å². The predicted octanol–water partition coefficient (Wildman–Crippen LogP) is 2.28. The van der Waals surface area contributed by atoms with Gasteiger partial charge in [0.1, 0.15) is 10.7 Å². The van der Waals surface area contributed by atoms with Crippen LogP contribution < -0.4 is 16.4 Å². The van der Waals surface area contributed by atoms with Crippen LogP contribution in [0.1, 0.15) is 34.2 Å². The van der Waals surface area contributed by atoms with Crippen molar-refractivity contribution in [1.82, 2.24) is 15.3 Å². The van der Waals surface area contributed by atoms with E-state index in [1.54, 1.807) is 11.3 Å². The van der Waals surface area contributed by atoms with Gasteiger partial charge >= 0.3 is 0 Å². The molecule has 2 rings (SSSR count). The summed E-state index contributed by atoms with van der Waals surface area (Å²) in [6.45, 7) is 6.51. The van der Waals surface area contributed by atoms with Crippen LogP contribution in [-0.4, -0.2) is 28.5 Å². The first kappa shape index (κ1) is 15.7. The van der Waals surface area contributed by atoms with Gasteiger partial charge in [0.15, 0.2) is 5.13 Å². The van der Waals surface area contributed by atoms with Crippen molar-refractivity contribution in [2.24, 2.45) is 0 Å². The predicted molar refractivity (Wildman–Crippen MR) is 88.2 cm³/mol. The number of hydrogen-bond acceptors (Lipinski definition) is 7. The molecule has 4 N–H and O–H groups in total. The lowest BCUT2D eigenvalue weighted by Gasteiger charge is -2.04. The maximum Gasteiger partial charge on any atom is 0.265 e. The van der Waals surface area contributed by atoms with Crippen molar-refractivity contribution in [3.05, 3.63) is 21.0 Å². The number of nitrogens with zero attached hydrogens (tertiary/aromatic N) is 2. The number of amides is 1. The highest BCUT2D eigenvalue weighted by molar-refractivity contribution is 7.18. The van der Waals surface area contributed by atoms with Crippen molar-refractivity contribution in [3.63, 3.8) is 0 Å². The van der Waals surface area contributed by atoms with Gasteiger partial charge < -0.3 is 16.4 Å². The topological polar surface area (TPSA) is 92.9 Å². The van der Waals surface area contributed by atoms with Crippen LogP contribution in [0.25, 0.3) is 0 Å². The molecule has 0 radical (unpaired) electrons. The van der Waals surface area contributed by atoms with E-state index in [2.05, 4.69) is 20.6 Å². The third-order valence-corrected chi connectivity index (χ3v) is 4.59. The lowest BCUT2D eigenvalue weighted by Crippen LogP contribution is -2.25. The maximum absolute atomic E-state index is 12.1. The number of hydrogen-bond donors (Lipinski definition) is 3. The molecule has 0 aliphatic heterocycles. The third-order valence-electron chi connectivity index (χ3n) is 2.56. The quantitative estimate of drug-likeness (QED) is 0.757. The van der Waals surface area contributed by atoms with Crippen LogP contribution in [0.2, 0.25) is 0 Å². The highest BCUT2D eigenvalue weighted by Gasteiger charge is 2.16. The van der Waals surface area contributed by atoms with Crippen molar-refractivity contribution in [1.29, 1.82) is 0 Å². The van der Waals surface area contributed by atoms with Crippen molar-refractivity contribution in [3.8, 4) is 0 Å². The summed E-state index contributed by atoms with van der Waals surface area (Å²) in [5.74, 6) is 0.0841. The number of anilines is 2. The van der Waals surface area contributed by atoms with E-state index in [1.165, 1.54) is 11.3 Å². The summed E-state index contributed by atoms with van der Waals surface area (Å²) < 4.78 is 0. The van der Waals surface area contributed by atoms with Crippen LogP contribution in [0.4, 0.5) is 10.9 Å². The van der Waals surface area contributed by atoms with Crippen LogP contribution >= 0.6 is 22.7 Å². The van der Waals surface area contributed by atoms with E-state index < -0.39 is 0 Å². The van der Waals surface area contributed by atoms with Gasteiger partial charge in [0, 0.05) is 30.1 Å². The maximum atomic E-state index is 12.1. The second-order valence-corrected chi connectivity index (χ2v) is 6.86. The number of thiazole rings is 2. The van der Waals surface area contributed by atoms with Crippen molar-refractivity contribution in [2.45, 2.75) is 33.2 Å². The van der Waals surface area contributed by atoms with E-state index in [-0.39, 0.29) is 17.8 Å². The summed E-state index contributed by atoms with van der Waals surface area (Å²) in [4.78, 5) is 21.1. The first-order valence-electron chi connectivity index (χ1n) is 6.67. The Balaban J connectivity index is 1.89. The minimum Gasteiger partial charge on any atom is -0.382 e. The SMILES string of the molecule is Cc1csc(CCNC(=O)c2sc(NC(C)C)nc2N)n1. The van der Waals surface area contributed by atoms with Gasteiger partial charge in [-0.3, -0.25) is 4.79 Å². The summed E-state index contributed by atoms with van der Waals surface area (Å²) in [6, 6.07) is 0.250. The molecule has 0 aromatic carbocycles. The molecule has 0 saturated carbocycles. The molecule has 21 heavy (non-hydrogen) atoms. The Labute approximate surface area is 131 Å². The Morgan fingerprint density at radius 2 is 2.19 bits per heavy atom. The highest BCUT2D eigenvalue weighted by atomic mass is 32.1. The molecular weight excluding hydrogens is 306 g/mol. The van der Waals surface area contributed by atoms with E-state index in [0.717, 1.165) is 17.1 Å². The van der Waals surface area contributed by atoms with Gasteiger partial charge in [0.2, 0.25) is 0 Å². The molecule has 1 amide bonds. The Kier molecular flexibility index (Phi) is 5.13. The summed E-state index contributed by atoms with van der Waals surface area (Å²) in [6.07, 6.45) is 0.722. The molecule has 8 heteroatoms. The molecule has 0 spiro atoms. The third kappa shape index (κ3) is 4.40. The fourth-order valence-electron chi connectivity index (χ4n) is 1.68. The minimum absolute atomic E-state index is 0.185. The van der Waals surface area contributed by atoms with E-state index in [9.17, 15) is 4.79 Å². The molecule has 6 nitrogen and oxygen atoms in total. The zero-order chi connectivity index (χ0) is 15.4. The van der Waals surface area contributed by atoms with Gasteiger partial charge in [-0.1, -0.05) is 11.3 Å². The van der Waals surface area contributed by atoms with Crippen LogP contribution in [0.15, 0.2) is 5.38 Å². The summed E-state index contributed by atoms with van der Waals surface area (Å²) in [5, 5.41) is 9.69. The zero-order valence-electron chi connectivity index (χ0n) is 12.3. The van der Waals surface area contributed by atoms with Gasteiger partial charge in [-0.2, -0.15) is 0 Å². The molecule has 0 unspecified atom stereocenters. The molecule has 2 aromatic rings. The average Bonchev–Trinajstić information content (AvgIpc) is 2.95. The molecular formula is C13H19N5OS2. The number of carbonyl (C=O) groups excluding carboxylic acids is 1. The number of aryl methyl sites for hydroxylation is 1. The Bertz CT molecular complexity index is 620. The van der Waals surface area contributed by atoms with E-state index in [1.807, 2.05) is 26.2 Å². The summed E-state index contributed by atoms with van der Waals surface area (Å²) in [5.41, 5.74) is 6.80. The van der Waals surface area contributed by atoms with E-state index >= 15 is 0 Å². The van der Waals surface area contributed by atoms with Crippen molar-refractivity contribution < 1.29 is 4.79 Å². The molecule has 0 saturated heterocycles. The summed E-state index contributed by atoms with van der Waals surface area (Å²) >= 11 is 2.88. The Morgan fingerprint density at radius 3 is 2.81 bits per heavy atom. The first-order valence-corrected chi connectivity index (χ1v) is 8.37. The highest BCUT2D eigenvalue weighted by Crippen LogP contribution is 2.25. The summed E-state index contributed by atoms with van der Waals surface area (Å²) in [7, 11) is 0. The van der Waals surface area contributed by atoms with Crippen LogP contribution in [0.5, 0.6) is 0 Å². The molecule has 0 fully saturated rings. The van der Waals surface area contributed by atoms with Crippen LogP contribution in [0.3, 0.4) is 0 Å². The van der Waals surface area contributed by atoms with E-state index in [0.29, 0.717) is 16.6 Å². The number of nitrogens with two attached hydrogens (primary N) is 1. The molecule has 0 aliphatic carbocycles. The average molecular weight is 325 g/mol. The molecule has 2 aromatic heterocycles. The van der Waals surface area contributed by atoms with Crippen molar-refractivity contribution >= 4 is 39.5 Å². The second-order valence-electron chi connectivity index (χ2n) is 4.92. The normalized spacial score (nSPS) is 10.9. The minimum atomic E-state index is -0.185. The second kappa shape index (κ2) is 6.86. The van der Waals surface area contributed by atoms with Gasteiger partial charge in [-0.15, -0.1) is 11.3 Å². The standard InChI is InChI=1S/C13H19N5OS2/c1-7(2)16-13-18-11(14)10(21-13)12(19)15-5-4-9-17-8(3)6-20-9/h6-7H,4-5,14H2,1-3H3,(H,15,19)(H,16,18). The number of nitrogen functional groups attached to an aromatic ring is 1. The van der Waals surface area contributed by atoms with Crippen LogP contribution in [-0.2, 0) is 6.42 Å². The first-order chi connectivity index (χ1) is 9.95. The monoisotopic (exact) mass is 325 g/mol. The Hall–Kier alpha value is -1.67. The lowest BCUT2D eigenvalue weighted by molar-refractivity contribution is 0.0959. The lowest BCUT2D eigenvalue weighted by atomic mass is 10.4. The fourth-order valence-corrected chi connectivity index (χ4v) is 3.41. The number of nitrogens with one attached hydrogen (secondary N) is 2. The van der Waals surface area contributed by atoms with Gasteiger partial charge in [0.05, 0.1) is 5.01 Å². The van der Waals surface area contributed by atoms with Gasteiger partial charge in [-0.25, -0.2) is 9.97 Å². The van der Waals surface area contributed by atoms with Gasteiger partial charge in [-0.05, 0) is 20.8 Å². The molecule has 2 heterocycles. The van der Waals surface area contributed by atoms with Gasteiger partial charge in [0.25, 0.3) is 5.91 Å². The molecule has 0 atom stereocenters. The molecule has 0 bridgehead atoms. The number of aromatic nitrogens is 2. The number of rotatable bonds is 6. The fraction of sp³-hybridized carbons (Fsp3) is 0.462. The number of carbonyl (C=O) groups is 1. The molecule has 0 aliphatic rings. The molecule has 114 valence electrons. The van der Waals surface area contributed by atoms with E-state index in [4.69, 9.17) is 5.73 Å². The zero-order valence-corrected chi connectivity index (χ0v) is 13.9.